The number of pyridine rings is 1. The number of aliphatic carboxylic acids is 1. The van der Waals surface area contributed by atoms with Crippen molar-refractivity contribution < 1.29 is 9.90 Å². The SMILES string of the molecule is Cc1ccccc1N(CCC(=O)O)CCc1cccnc1. The van der Waals surface area contributed by atoms with E-state index in [9.17, 15) is 4.79 Å². The first-order chi connectivity index (χ1) is 10.2. The summed E-state index contributed by atoms with van der Waals surface area (Å²) in [5.74, 6) is -0.769. The Morgan fingerprint density at radius 2 is 2.00 bits per heavy atom. The average Bonchev–Trinajstić information content (AvgIpc) is 2.49. The second-order valence-electron chi connectivity index (χ2n) is 5.03. The molecule has 4 nitrogen and oxygen atoms in total. The van der Waals surface area contributed by atoms with Gasteiger partial charge in [0.2, 0.25) is 0 Å². The van der Waals surface area contributed by atoms with E-state index in [0.717, 1.165) is 29.8 Å². The van der Waals surface area contributed by atoms with E-state index < -0.39 is 5.97 Å². The maximum Gasteiger partial charge on any atom is 0.305 e. The highest BCUT2D eigenvalue weighted by atomic mass is 16.4. The number of nitrogens with zero attached hydrogens (tertiary/aromatic N) is 2. The Kier molecular flexibility index (Phi) is 5.32. The first-order valence-electron chi connectivity index (χ1n) is 7.08. The molecule has 0 saturated heterocycles. The summed E-state index contributed by atoms with van der Waals surface area (Å²) in [5, 5.41) is 8.93. The molecule has 0 atom stereocenters. The van der Waals surface area contributed by atoms with Crippen molar-refractivity contribution in [3.8, 4) is 0 Å². The molecule has 1 aromatic carbocycles. The number of carboxylic acids is 1. The largest absolute Gasteiger partial charge is 0.481 e. The van der Waals surface area contributed by atoms with Gasteiger partial charge in [-0.1, -0.05) is 24.3 Å². The maximum absolute atomic E-state index is 10.9. The Balaban J connectivity index is 2.09. The normalized spacial score (nSPS) is 10.3. The fourth-order valence-electron chi connectivity index (χ4n) is 2.31. The molecule has 21 heavy (non-hydrogen) atoms. The molecule has 0 bridgehead atoms. The molecule has 0 unspecified atom stereocenters. The van der Waals surface area contributed by atoms with Gasteiger partial charge in [-0.25, -0.2) is 0 Å². The predicted octanol–water partition coefficient (Wildman–Crippen LogP) is 2.91. The van der Waals surface area contributed by atoms with E-state index in [-0.39, 0.29) is 6.42 Å². The van der Waals surface area contributed by atoms with Gasteiger partial charge in [0.1, 0.15) is 0 Å². The monoisotopic (exact) mass is 284 g/mol. The third kappa shape index (κ3) is 4.60. The lowest BCUT2D eigenvalue weighted by atomic mass is 10.1. The van der Waals surface area contributed by atoms with E-state index >= 15 is 0 Å². The summed E-state index contributed by atoms with van der Waals surface area (Å²) in [6.45, 7) is 3.34. The Morgan fingerprint density at radius 1 is 1.19 bits per heavy atom. The smallest absolute Gasteiger partial charge is 0.305 e. The molecule has 0 fully saturated rings. The minimum absolute atomic E-state index is 0.140. The van der Waals surface area contributed by atoms with Gasteiger partial charge in [0.15, 0.2) is 0 Å². The van der Waals surface area contributed by atoms with Crippen molar-refractivity contribution in [2.45, 2.75) is 19.8 Å². The number of carbonyl (C=O) groups is 1. The first-order valence-corrected chi connectivity index (χ1v) is 7.08. The van der Waals surface area contributed by atoms with Crippen LogP contribution in [-0.4, -0.2) is 29.1 Å². The second kappa shape index (κ2) is 7.43. The summed E-state index contributed by atoms with van der Waals surface area (Å²) in [6, 6.07) is 12.0. The molecule has 2 rings (SSSR count). The molecule has 0 aliphatic rings. The molecule has 0 amide bonds. The summed E-state index contributed by atoms with van der Waals surface area (Å²) < 4.78 is 0. The third-order valence-electron chi connectivity index (χ3n) is 3.44. The van der Waals surface area contributed by atoms with Crippen LogP contribution in [0, 0.1) is 6.92 Å². The Labute approximate surface area is 125 Å². The molecule has 1 aromatic heterocycles. The molecular weight excluding hydrogens is 264 g/mol. The van der Waals surface area contributed by atoms with Gasteiger partial charge in [0, 0.05) is 31.2 Å². The van der Waals surface area contributed by atoms with E-state index in [1.54, 1.807) is 6.20 Å². The lowest BCUT2D eigenvalue weighted by Crippen LogP contribution is -2.29. The van der Waals surface area contributed by atoms with Crippen LogP contribution in [0.25, 0.3) is 0 Å². The van der Waals surface area contributed by atoms with Crippen molar-refractivity contribution in [1.29, 1.82) is 0 Å². The molecule has 1 heterocycles. The number of aromatic nitrogens is 1. The summed E-state index contributed by atoms with van der Waals surface area (Å²) in [6.07, 6.45) is 4.60. The predicted molar refractivity (Wildman–Crippen MR) is 83.6 cm³/mol. The van der Waals surface area contributed by atoms with E-state index in [2.05, 4.69) is 9.88 Å². The fraction of sp³-hybridized carbons (Fsp3) is 0.294. The fourth-order valence-corrected chi connectivity index (χ4v) is 2.31. The van der Waals surface area contributed by atoms with Crippen molar-refractivity contribution in [2.24, 2.45) is 0 Å². The number of benzene rings is 1. The maximum atomic E-state index is 10.9. The highest BCUT2D eigenvalue weighted by Gasteiger charge is 2.11. The van der Waals surface area contributed by atoms with Crippen LogP contribution in [-0.2, 0) is 11.2 Å². The standard InChI is InChI=1S/C17H20N2O2/c1-14-5-2-3-7-16(14)19(12-9-17(20)21)11-8-15-6-4-10-18-13-15/h2-7,10,13H,8-9,11-12H2,1H3,(H,20,21). The summed E-state index contributed by atoms with van der Waals surface area (Å²) in [5.41, 5.74) is 3.42. The quantitative estimate of drug-likeness (QED) is 0.849. The number of para-hydroxylation sites is 1. The lowest BCUT2D eigenvalue weighted by Gasteiger charge is -2.26. The van der Waals surface area contributed by atoms with Gasteiger partial charge in [0.05, 0.1) is 6.42 Å². The molecule has 110 valence electrons. The van der Waals surface area contributed by atoms with Gasteiger partial charge < -0.3 is 10.0 Å². The van der Waals surface area contributed by atoms with Gasteiger partial charge in [-0.2, -0.15) is 0 Å². The van der Waals surface area contributed by atoms with E-state index in [4.69, 9.17) is 5.11 Å². The van der Waals surface area contributed by atoms with Gasteiger partial charge in [-0.3, -0.25) is 9.78 Å². The molecule has 4 heteroatoms. The summed E-state index contributed by atoms with van der Waals surface area (Å²) >= 11 is 0. The highest BCUT2D eigenvalue weighted by Crippen LogP contribution is 2.20. The van der Waals surface area contributed by atoms with Crippen LogP contribution >= 0.6 is 0 Å². The Bertz CT molecular complexity index is 584. The van der Waals surface area contributed by atoms with Crippen LogP contribution in [0.3, 0.4) is 0 Å². The number of anilines is 1. The van der Waals surface area contributed by atoms with Crippen LogP contribution in [0.4, 0.5) is 5.69 Å². The Morgan fingerprint density at radius 3 is 2.67 bits per heavy atom. The topological polar surface area (TPSA) is 53.4 Å². The second-order valence-corrected chi connectivity index (χ2v) is 5.03. The molecule has 0 aliphatic heterocycles. The Hall–Kier alpha value is -2.36. The summed E-state index contributed by atoms with van der Waals surface area (Å²) in [4.78, 5) is 17.1. The average molecular weight is 284 g/mol. The number of rotatable bonds is 7. The van der Waals surface area contributed by atoms with Gasteiger partial charge in [-0.15, -0.1) is 0 Å². The van der Waals surface area contributed by atoms with Crippen molar-refractivity contribution in [2.75, 3.05) is 18.0 Å². The van der Waals surface area contributed by atoms with E-state index in [1.165, 1.54) is 0 Å². The van der Waals surface area contributed by atoms with Crippen molar-refractivity contribution in [1.82, 2.24) is 4.98 Å². The zero-order chi connectivity index (χ0) is 15.1. The molecule has 0 radical (unpaired) electrons. The lowest BCUT2D eigenvalue weighted by molar-refractivity contribution is -0.136. The van der Waals surface area contributed by atoms with E-state index in [1.807, 2.05) is 49.5 Å². The molecule has 0 spiro atoms. The molecule has 2 aromatic rings. The third-order valence-corrected chi connectivity index (χ3v) is 3.44. The summed E-state index contributed by atoms with van der Waals surface area (Å²) in [7, 11) is 0. The number of aryl methyl sites for hydroxylation is 1. The number of hydrogen-bond donors (Lipinski definition) is 1. The van der Waals surface area contributed by atoms with Crippen LogP contribution in [0.1, 0.15) is 17.5 Å². The zero-order valence-corrected chi connectivity index (χ0v) is 12.2. The molecule has 1 N–H and O–H groups in total. The number of carboxylic acid groups (broad SMARTS) is 1. The first kappa shape index (κ1) is 15.0. The van der Waals surface area contributed by atoms with Gasteiger partial charge >= 0.3 is 5.97 Å². The number of hydrogen-bond acceptors (Lipinski definition) is 3. The molecular formula is C17H20N2O2. The van der Waals surface area contributed by atoms with Crippen LogP contribution in [0.5, 0.6) is 0 Å². The van der Waals surface area contributed by atoms with Gasteiger partial charge in [-0.05, 0) is 36.6 Å². The zero-order valence-electron chi connectivity index (χ0n) is 12.2. The van der Waals surface area contributed by atoms with Crippen molar-refractivity contribution in [3.05, 3.63) is 59.9 Å². The van der Waals surface area contributed by atoms with Crippen LogP contribution in [0.2, 0.25) is 0 Å². The minimum Gasteiger partial charge on any atom is -0.481 e. The van der Waals surface area contributed by atoms with Crippen LogP contribution < -0.4 is 4.90 Å². The van der Waals surface area contributed by atoms with Crippen LogP contribution in [0.15, 0.2) is 48.8 Å². The molecule has 0 saturated carbocycles. The van der Waals surface area contributed by atoms with E-state index in [0.29, 0.717) is 6.54 Å². The van der Waals surface area contributed by atoms with Crippen molar-refractivity contribution in [3.63, 3.8) is 0 Å². The molecule has 0 aliphatic carbocycles. The highest BCUT2D eigenvalue weighted by molar-refractivity contribution is 5.68. The van der Waals surface area contributed by atoms with Crippen molar-refractivity contribution >= 4 is 11.7 Å². The van der Waals surface area contributed by atoms with Gasteiger partial charge in [0.25, 0.3) is 0 Å². The minimum atomic E-state index is -0.769.